The van der Waals surface area contributed by atoms with E-state index in [4.69, 9.17) is 11.7 Å². The fourth-order valence-electron chi connectivity index (χ4n) is 1.19. The molecule has 6 nitrogen and oxygen atoms in total. The Morgan fingerprint density at radius 2 is 2.07 bits per heavy atom. The molecule has 0 saturated heterocycles. The van der Waals surface area contributed by atoms with Gasteiger partial charge in [-0.2, -0.15) is 0 Å². The molecule has 0 aliphatic heterocycles. The van der Waals surface area contributed by atoms with E-state index < -0.39 is 0 Å². The number of anilines is 2. The third kappa shape index (κ3) is 2.25. The lowest BCUT2D eigenvalue weighted by atomic mass is 10.1. The van der Waals surface area contributed by atoms with E-state index in [1.807, 2.05) is 0 Å². The van der Waals surface area contributed by atoms with E-state index in [0.29, 0.717) is 16.9 Å². The van der Waals surface area contributed by atoms with Gasteiger partial charge in [0.1, 0.15) is 0 Å². The molecule has 0 saturated carbocycles. The highest BCUT2D eigenvalue weighted by molar-refractivity contribution is 6.02. The van der Waals surface area contributed by atoms with Gasteiger partial charge in [0.15, 0.2) is 0 Å². The van der Waals surface area contributed by atoms with Crippen LogP contribution in [-0.2, 0) is 0 Å². The van der Waals surface area contributed by atoms with Gasteiger partial charge in [-0.1, -0.05) is 12.6 Å². The van der Waals surface area contributed by atoms with Gasteiger partial charge in [0.2, 0.25) is 0 Å². The normalized spacial score (nSPS) is 9.20. The van der Waals surface area contributed by atoms with E-state index in [1.165, 1.54) is 6.20 Å². The first-order chi connectivity index (χ1) is 7.24. The van der Waals surface area contributed by atoms with Crippen LogP contribution in [0.1, 0.15) is 10.4 Å². The van der Waals surface area contributed by atoms with Gasteiger partial charge in [-0.3, -0.25) is 16.5 Å². The maximum atomic E-state index is 11.5. The van der Waals surface area contributed by atoms with Crippen molar-refractivity contribution < 1.29 is 4.79 Å². The molecule has 0 aromatic heterocycles. The van der Waals surface area contributed by atoms with Gasteiger partial charge < -0.3 is 16.2 Å². The van der Waals surface area contributed by atoms with Crippen molar-refractivity contribution in [2.24, 2.45) is 11.7 Å². The second-order valence-corrected chi connectivity index (χ2v) is 2.69. The maximum Gasteiger partial charge on any atom is 0.257 e. The van der Waals surface area contributed by atoms with Gasteiger partial charge in [0.05, 0.1) is 16.9 Å². The molecule has 0 unspecified atom stereocenters. The molecule has 1 amide bonds. The van der Waals surface area contributed by atoms with Crippen LogP contribution in [0.4, 0.5) is 11.4 Å². The predicted molar refractivity (Wildman–Crippen MR) is 59.7 cm³/mol. The first-order valence-electron chi connectivity index (χ1n) is 4.22. The highest BCUT2D eigenvalue weighted by Gasteiger charge is 2.12. The van der Waals surface area contributed by atoms with Crippen LogP contribution in [0.5, 0.6) is 0 Å². The van der Waals surface area contributed by atoms with Gasteiger partial charge in [-0.05, 0) is 18.3 Å². The van der Waals surface area contributed by atoms with Crippen LogP contribution in [0.3, 0.4) is 0 Å². The number of hydrogen-bond donors (Lipinski definition) is 5. The molecule has 0 atom stereocenters. The van der Waals surface area contributed by atoms with Crippen molar-refractivity contribution in [3.8, 4) is 0 Å². The van der Waals surface area contributed by atoms with Crippen molar-refractivity contribution >= 4 is 17.3 Å². The van der Waals surface area contributed by atoms with Crippen molar-refractivity contribution in [1.82, 2.24) is 5.32 Å². The molecule has 0 aliphatic carbocycles. The topological polar surface area (TPSA) is 105 Å². The van der Waals surface area contributed by atoms with E-state index in [-0.39, 0.29) is 5.91 Å². The lowest BCUT2D eigenvalue weighted by Gasteiger charge is -2.12. The van der Waals surface area contributed by atoms with Crippen molar-refractivity contribution in [3.05, 3.63) is 36.5 Å². The first-order valence-corrected chi connectivity index (χ1v) is 4.22. The summed E-state index contributed by atoms with van der Waals surface area (Å²) in [6.07, 6.45) is 1.30. The quantitative estimate of drug-likeness (QED) is 0.356. The summed E-state index contributed by atoms with van der Waals surface area (Å²) in [5.74, 6) is 10.3. The Labute approximate surface area is 87.3 Å². The number of nitrogens with two attached hydrogens (primary N) is 2. The number of nitrogen functional groups attached to an aromatic ring is 2. The zero-order chi connectivity index (χ0) is 11.3. The van der Waals surface area contributed by atoms with E-state index >= 15 is 0 Å². The summed E-state index contributed by atoms with van der Waals surface area (Å²) >= 11 is 0. The molecule has 80 valence electrons. The third-order valence-corrected chi connectivity index (χ3v) is 1.84. The van der Waals surface area contributed by atoms with E-state index in [2.05, 4.69) is 22.7 Å². The SMILES string of the molecule is C=CNC(=O)c1cccc(NN)c1NN. The number of hydrogen-bond acceptors (Lipinski definition) is 5. The number of benzene rings is 1. The van der Waals surface area contributed by atoms with Crippen molar-refractivity contribution in [2.75, 3.05) is 10.9 Å². The molecule has 0 heterocycles. The fourth-order valence-corrected chi connectivity index (χ4v) is 1.19. The van der Waals surface area contributed by atoms with Crippen molar-refractivity contribution in [2.45, 2.75) is 0 Å². The Bertz CT molecular complexity index is 377. The van der Waals surface area contributed by atoms with Crippen LogP contribution >= 0.6 is 0 Å². The number of para-hydroxylation sites is 1. The summed E-state index contributed by atoms with van der Waals surface area (Å²) in [6.45, 7) is 3.40. The summed E-state index contributed by atoms with van der Waals surface area (Å²) in [6, 6.07) is 5.00. The summed E-state index contributed by atoms with van der Waals surface area (Å²) in [7, 11) is 0. The van der Waals surface area contributed by atoms with Gasteiger partial charge in [0, 0.05) is 0 Å². The van der Waals surface area contributed by atoms with Gasteiger partial charge in [-0.15, -0.1) is 0 Å². The Kier molecular flexibility index (Phi) is 3.67. The van der Waals surface area contributed by atoms with Crippen molar-refractivity contribution in [3.63, 3.8) is 0 Å². The molecule has 6 heteroatoms. The monoisotopic (exact) mass is 207 g/mol. The minimum atomic E-state index is -0.310. The van der Waals surface area contributed by atoms with E-state index in [0.717, 1.165) is 0 Å². The molecular weight excluding hydrogens is 194 g/mol. The lowest BCUT2D eigenvalue weighted by molar-refractivity contribution is 0.0971. The molecule has 7 N–H and O–H groups in total. The molecule has 1 aromatic carbocycles. The summed E-state index contributed by atoms with van der Waals surface area (Å²) in [5.41, 5.74) is 6.20. The number of hydrazine groups is 2. The second-order valence-electron chi connectivity index (χ2n) is 2.69. The molecule has 0 radical (unpaired) electrons. The minimum absolute atomic E-state index is 0.310. The van der Waals surface area contributed by atoms with Gasteiger partial charge in [0.25, 0.3) is 5.91 Å². The average molecular weight is 207 g/mol. The number of nitrogens with one attached hydrogen (secondary N) is 3. The van der Waals surface area contributed by atoms with Crippen LogP contribution in [0.25, 0.3) is 0 Å². The smallest absolute Gasteiger partial charge is 0.257 e. The fraction of sp³-hybridized carbons (Fsp3) is 0. The lowest BCUT2D eigenvalue weighted by Crippen LogP contribution is -2.22. The zero-order valence-corrected chi connectivity index (χ0v) is 8.08. The van der Waals surface area contributed by atoms with Crippen LogP contribution in [0, 0.1) is 0 Å². The number of amides is 1. The Hall–Kier alpha value is -2.05. The standard InChI is InChI=1S/C9H13N5O/c1-2-12-9(15)6-4-3-5-7(13-10)8(6)14-11/h2-5,13-14H,1,10-11H2,(H,12,15). The largest absolute Gasteiger partial charge is 0.329 e. The third-order valence-electron chi connectivity index (χ3n) is 1.84. The summed E-state index contributed by atoms with van der Waals surface area (Å²) in [5, 5.41) is 2.45. The average Bonchev–Trinajstić information content (AvgIpc) is 2.28. The van der Waals surface area contributed by atoms with E-state index in [9.17, 15) is 4.79 Å². The number of carbonyl (C=O) groups is 1. The second kappa shape index (κ2) is 4.99. The van der Waals surface area contributed by atoms with Crippen LogP contribution < -0.4 is 27.9 Å². The Balaban J connectivity index is 3.16. The zero-order valence-electron chi connectivity index (χ0n) is 8.08. The number of carbonyl (C=O) groups excluding carboxylic acids is 1. The number of rotatable bonds is 4. The highest BCUT2D eigenvalue weighted by atomic mass is 16.1. The van der Waals surface area contributed by atoms with Crippen LogP contribution in [-0.4, -0.2) is 5.91 Å². The van der Waals surface area contributed by atoms with Crippen LogP contribution in [0.2, 0.25) is 0 Å². The van der Waals surface area contributed by atoms with E-state index in [1.54, 1.807) is 18.2 Å². The molecular formula is C9H13N5O. The van der Waals surface area contributed by atoms with Gasteiger partial charge in [-0.25, -0.2) is 0 Å². The molecule has 1 rings (SSSR count). The minimum Gasteiger partial charge on any atom is -0.329 e. The maximum absolute atomic E-state index is 11.5. The Morgan fingerprint density at radius 3 is 2.60 bits per heavy atom. The van der Waals surface area contributed by atoms with Crippen molar-refractivity contribution in [1.29, 1.82) is 0 Å². The molecule has 15 heavy (non-hydrogen) atoms. The Morgan fingerprint density at radius 1 is 1.33 bits per heavy atom. The molecule has 0 aliphatic rings. The first kappa shape index (κ1) is 11.0. The molecule has 0 bridgehead atoms. The molecule has 1 aromatic rings. The van der Waals surface area contributed by atoms with Gasteiger partial charge >= 0.3 is 0 Å². The van der Waals surface area contributed by atoms with Crippen LogP contribution in [0.15, 0.2) is 31.0 Å². The predicted octanol–water partition coefficient (Wildman–Crippen LogP) is 0.131. The molecule has 0 spiro atoms. The highest BCUT2D eigenvalue weighted by Crippen LogP contribution is 2.24. The summed E-state index contributed by atoms with van der Waals surface area (Å²) < 4.78 is 0. The summed E-state index contributed by atoms with van der Waals surface area (Å²) in [4.78, 5) is 11.5. The molecule has 0 fully saturated rings.